The molecule has 5 heteroatoms. The van der Waals surface area contributed by atoms with Crippen LogP contribution in [0.1, 0.15) is 32.4 Å². The first-order valence-electron chi connectivity index (χ1n) is 7.37. The van der Waals surface area contributed by atoms with Crippen molar-refractivity contribution in [3.8, 4) is 0 Å². The third-order valence-corrected chi connectivity index (χ3v) is 2.94. The van der Waals surface area contributed by atoms with E-state index >= 15 is 0 Å². The van der Waals surface area contributed by atoms with E-state index in [1.807, 2.05) is 6.92 Å². The molecule has 4 nitrogen and oxygen atoms in total. The summed E-state index contributed by atoms with van der Waals surface area (Å²) in [5.74, 6) is 1.04. The van der Waals surface area contributed by atoms with Crippen molar-refractivity contribution >= 4 is 5.96 Å². The molecule has 0 aliphatic carbocycles. The number of hydrogen-bond acceptors (Lipinski definition) is 2. The molecule has 0 saturated carbocycles. The number of halogens is 1. The lowest BCUT2D eigenvalue weighted by atomic mass is 10.1. The lowest BCUT2D eigenvalue weighted by molar-refractivity contribution is 0.106. The van der Waals surface area contributed by atoms with Gasteiger partial charge < -0.3 is 15.4 Å². The molecule has 2 N–H and O–H groups in total. The number of hydrogen-bond donors (Lipinski definition) is 2. The highest BCUT2D eigenvalue weighted by Crippen LogP contribution is 2.16. The number of nitrogens with one attached hydrogen (secondary N) is 2. The second kappa shape index (κ2) is 9.34. The Bertz CT molecular complexity index is 432. The van der Waals surface area contributed by atoms with Crippen LogP contribution in [0.15, 0.2) is 29.3 Å². The molecule has 0 radical (unpaired) electrons. The van der Waals surface area contributed by atoms with Gasteiger partial charge in [-0.2, -0.15) is 0 Å². The highest BCUT2D eigenvalue weighted by Gasteiger charge is 2.11. The highest BCUT2D eigenvalue weighted by molar-refractivity contribution is 5.79. The maximum absolute atomic E-state index is 13.0. The fraction of sp³-hybridized carbons (Fsp3) is 0.562. The molecule has 118 valence electrons. The lowest BCUT2D eigenvalue weighted by Crippen LogP contribution is -2.40. The minimum atomic E-state index is -0.242. The minimum absolute atomic E-state index is 0.145. The summed E-state index contributed by atoms with van der Waals surface area (Å²) in [5.41, 5.74) is 0.936. The predicted molar refractivity (Wildman–Crippen MR) is 85.0 cm³/mol. The van der Waals surface area contributed by atoms with Crippen LogP contribution in [-0.4, -0.2) is 32.7 Å². The van der Waals surface area contributed by atoms with Crippen molar-refractivity contribution in [1.82, 2.24) is 10.6 Å². The molecule has 0 fully saturated rings. The Kier molecular flexibility index (Phi) is 7.75. The Morgan fingerprint density at radius 2 is 1.90 bits per heavy atom. The van der Waals surface area contributed by atoms with Crippen LogP contribution in [0.2, 0.25) is 0 Å². The summed E-state index contributed by atoms with van der Waals surface area (Å²) in [6, 6.07) is 6.37. The Morgan fingerprint density at radius 3 is 2.43 bits per heavy atom. The number of guanidine groups is 1. The molecule has 0 aliphatic heterocycles. The van der Waals surface area contributed by atoms with Crippen LogP contribution in [0.4, 0.5) is 4.39 Å². The third-order valence-electron chi connectivity index (χ3n) is 2.94. The maximum atomic E-state index is 13.0. The standard InChI is InChI=1S/C16H26FN3O/c1-5-18-16(19-10-12(2)3)20-11-15(21-4)13-6-8-14(17)9-7-13/h6-9,12,15H,5,10-11H2,1-4H3,(H2,18,19,20). The molecule has 1 atom stereocenters. The molecule has 0 heterocycles. The fourth-order valence-electron chi connectivity index (χ4n) is 1.82. The van der Waals surface area contributed by atoms with Crippen LogP contribution in [0.3, 0.4) is 0 Å². The normalized spacial score (nSPS) is 13.3. The van der Waals surface area contributed by atoms with Gasteiger partial charge in [0.25, 0.3) is 0 Å². The summed E-state index contributed by atoms with van der Waals surface area (Å²) in [7, 11) is 1.65. The van der Waals surface area contributed by atoms with Crippen LogP contribution in [0.25, 0.3) is 0 Å². The van der Waals surface area contributed by atoms with Gasteiger partial charge in [-0.15, -0.1) is 0 Å². The summed E-state index contributed by atoms with van der Waals surface area (Å²) in [5, 5.41) is 6.46. The number of methoxy groups -OCH3 is 1. The number of ether oxygens (including phenoxy) is 1. The average Bonchev–Trinajstić information content (AvgIpc) is 2.46. The number of rotatable bonds is 7. The summed E-state index contributed by atoms with van der Waals surface area (Å²) in [4.78, 5) is 4.51. The van der Waals surface area contributed by atoms with Crippen molar-refractivity contribution in [1.29, 1.82) is 0 Å². The molecule has 0 bridgehead atoms. The summed E-state index contributed by atoms with van der Waals surface area (Å²) in [6.07, 6.45) is -0.145. The van der Waals surface area contributed by atoms with Gasteiger partial charge in [0.15, 0.2) is 5.96 Å². The molecule has 1 unspecified atom stereocenters. The molecule has 0 aliphatic rings. The zero-order chi connectivity index (χ0) is 15.7. The highest BCUT2D eigenvalue weighted by atomic mass is 19.1. The Morgan fingerprint density at radius 1 is 1.24 bits per heavy atom. The second-order valence-corrected chi connectivity index (χ2v) is 5.27. The van der Waals surface area contributed by atoms with E-state index in [4.69, 9.17) is 4.74 Å². The first kappa shape index (κ1) is 17.4. The van der Waals surface area contributed by atoms with E-state index in [1.54, 1.807) is 19.2 Å². The first-order valence-corrected chi connectivity index (χ1v) is 7.37. The fourth-order valence-corrected chi connectivity index (χ4v) is 1.82. The van der Waals surface area contributed by atoms with Gasteiger partial charge in [-0.25, -0.2) is 4.39 Å². The van der Waals surface area contributed by atoms with Gasteiger partial charge >= 0.3 is 0 Å². The Labute approximate surface area is 126 Å². The van der Waals surface area contributed by atoms with Gasteiger partial charge in [0, 0.05) is 26.7 Å². The smallest absolute Gasteiger partial charge is 0.191 e. The molecule has 1 rings (SSSR count). The van der Waals surface area contributed by atoms with Crippen LogP contribution in [0.5, 0.6) is 0 Å². The van der Waals surface area contributed by atoms with Crippen LogP contribution in [-0.2, 0) is 4.74 Å². The average molecular weight is 295 g/mol. The second-order valence-electron chi connectivity index (χ2n) is 5.27. The maximum Gasteiger partial charge on any atom is 0.191 e. The number of benzene rings is 1. The third kappa shape index (κ3) is 6.58. The van der Waals surface area contributed by atoms with Crippen molar-refractivity contribution in [3.63, 3.8) is 0 Å². The van der Waals surface area contributed by atoms with Crippen molar-refractivity contribution in [2.24, 2.45) is 10.9 Å². The topological polar surface area (TPSA) is 45.7 Å². The van der Waals surface area contributed by atoms with E-state index in [2.05, 4.69) is 29.5 Å². The largest absolute Gasteiger partial charge is 0.375 e. The van der Waals surface area contributed by atoms with Crippen LogP contribution < -0.4 is 10.6 Å². The summed E-state index contributed by atoms with van der Waals surface area (Å²) >= 11 is 0. The minimum Gasteiger partial charge on any atom is -0.375 e. The summed E-state index contributed by atoms with van der Waals surface area (Å²) < 4.78 is 18.4. The van der Waals surface area contributed by atoms with Crippen molar-refractivity contribution < 1.29 is 9.13 Å². The Hall–Kier alpha value is -1.62. The molecule has 1 aromatic carbocycles. The van der Waals surface area contributed by atoms with E-state index in [-0.39, 0.29) is 11.9 Å². The zero-order valence-corrected chi connectivity index (χ0v) is 13.3. The molecular formula is C16H26FN3O. The van der Waals surface area contributed by atoms with E-state index in [9.17, 15) is 4.39 Å². The summed E-state index contributed by atoms with van der Waals surface area (Å²) in [6.45, 7) is 8.43. The monoisotopic (exact) mass is 295 g/mol. The number of aliphatic imine (C=N–C) groups is 1. The molecule has 21 heavy (non-hydrogen) atoms. The Balaban J connectivity index is 2.63. The van der Waals surface area contributed by atoms with Gasteiger partial charge in [-0.3, -0.25) is 4.99 Å². The molecular weight excluding hydrogens is 269 g/mol. The molecule has 1 aromatic rings. The van der Waals surface area contributed by atoms with Gasteiger partial charge in [0.2, 0.25) is 0 Å². The lowest BCUT2D eigenvalue weighted by Gasteiger charge is -2.19. The molecule has 0 spiro atoms. The van der Waals surface area contributed by atoms with Crippen LogP contribution in [0, 0.1) is 11.7 Å². The van der Waals surface area contributed by atoms with E-state index in [1.165, 1.54) is 12.1 Å². The zero-order valence-electron chi connectivity index (χ0n) is 13.3. The predicted octanol–water partition coefficient (Wildman–Crippen LogP) is 2.72. The SMILES string of the molecule is CCNC(=NCC(C)C)NCC(OC)c1ccc(F)cc1. The molecule has 0 saturated heterocycles. The van der Waals surface area contributed by atoms with E-state index in [0.717, 1.165) is 24.6 Å². The van der Waals surface area contributed by atoms with Gasteiger partial charge in [0.1, 0.15) is 5.82 Å². The van der Waals surface area contributed by atoms with Crippen molar-refractivity contribution in [2.45, 2.75) is 26.9 Å². The van der Waals surface area contributed by atoms with Gasteiger partial charge in [-0.1, -0.05) is 26.0 Å². The molecule has 0 aromatic heterocycles. The molecule has 0 amide bonds. The van der Waals surface area contributed by atoms with Gasteiger partial charge in [0.05, 0.1) is 6.10 Å². The van der Waals surface area contributed by atoms with Crippen LogP contribution >= 0.6 is 0 Å². The number of nitrogens with zero attached hydrogens (tertiary/aromatic N) is 1. The van der Waals surface area contributed by atoms with Gasteiger partial charge in [-0.05, 0) is 30.5 Å². The van der Waals surface area contributed by atoms with E-state index in [0.29, 0.717) is 12.5 Å². The van der Waals surface area contributed by atoms with Crippen molar-refractivity contribution in [2.75, 3.05) is 26.7 Å². The van der Waals surface area contributed by atoms with E-state index < -0.39 is 0 Å². The first-order chi connectivity index (χ1) is 10.1. The quantitative estimate of drug-likeness (QED) is 0.600. The van der Waals surface area contributed by atoms with Crippen molar-refractivity contribution in [3.05, 3.63) is 35.6 Å².